The maximum atomic E-state index is 11.2. The van der Waals surface area contributed by atoms with E-state index in [-0.39, 0.29) is 0 Å². The van der Waals surface area contributed by atoms with Gasteiger partial charge in [0.05, 0.1) is 7.11 Å². The summed E-state index contributed by atoms with van der Waals surface area (Å²) < 4.78 is 5.22. The van der Waals surface area contributed by atoms with Gasteiger partial charge < -0.3 is 9.64 Å². The number of carbonyl (C=O) groups is 2. The monoisotopic (exact) mass is 235 g/mol. The van der Waals surface area contributed by atoms with Crippen molar-refractivity contribution >= 4 is 12.2 Å². The van der Waals surface area contributed by atoms with E-state index in [1.165, 1.54) is 4.90 Å². The number of aryl methyl sites for hydroxylation is 2. The average molecular weight is 235 g/mol. The number of carbonyl (C=O) groups excluding carboxylic acids is 2. The summed E-state index contributed by atoms with van der Waals surface area (Å²) in [4.78, 5) is 22.9. The summed E-state index contributed by atoms with van der Waals surface area (Å²) in [6.07, 6.45) is 0.325. The van der Waals surface area contributed by atoms with E-state index in [2.05, 4.69) is 0 Å². The van der Waals surface area contributed by atoms with Gasteiger partial charge in [-0.15, -0.1) is 0 Å². The molecule has 0 atom stereocenters. The van der Waals surface area contributed by atoms with Crippen LogP contribution in [-0.4, -0.2) is 31.3 Å². The lowest BCUT2D eigenvalue weighted by atomic mass is 10.0. The van der Waals surface area contributed by atoms with Crippen molar-refractivity contribution in [1.82, 2.24) is 4.90 Å². The van der Waals surface area contributed by atoms with E-state index >= 15 is 0 Å². The molecule has 1 aromatic carbocycles. The maximum Gasteiger partial charge on any atom is 0.286 e. The Hall–Kier alpha value is -1.84. The van der Waals surface area contributed by atoms with Crippen LogP contribution in [0.1, 0.15) is 16.7 Å². The molecule has 1 amide bonds. The zero-order valence-electron chi connectivity index (χ0n) is 10.6. The van der Waals surface area contributed by atoms with E-state index in [9.17, 15) is 9.59 Å². The number of hydrogen-bond acceptors (Lipinski definition) is 3. The number of amides is 1. The molecule has 0 saturated heterocycles. The highest BCUT2D eigenvalue weighted by Crippen LogP contribution is 2.23. The summed E-state index contributed by atoms with van der Waals surface area (Å²) in [5.74, 6) is 0.313. The van der Waals surface area contributed by atoms with Crippen molar-refractivity contribution < 1.29 is 14.3 Å². The first-order valence-electron chi connectivity index (χ1n) is 5.34. The number of nitrogens with zero attached hydrogens (tertiary/aromatic N) is 1. The van der Waals surface area contributed by atoms with Gasteiger partial charge >= 0.3 is 0 Å². The van der Waals surface area contributed by atoms with Crippen LogP contribution in [0.2, 0.25) is 0 Å². The van der Waals surface area contributed by atoms with Gasteiger partial charge in [-0.3, -0.25) is 9.59 Å². The number of methoxy groups -OCH3 is 1. The summed E-state index contributed by atoms with van der Waals surface area (Å²) >= 11 is 0. The van der Waals surface area contributed by atoms with E-state index in [1.54, 1.807) is 14.2 Å². The Morgan fingerprint density at radius 3 is 2.53 bits per heavy atom. The van der Waals surface area contributed by atoms with Crippen LogP contribution in [0.25, 0.3) is 0 Å². The van der Waals surface area contributed by atoms with Crippen LogP contribution in [0.5, 0.6) is 5.75 Å². The lowest BCUT2D eigenvalue weighted by molar-refractivity contribution is -0.138. The molecule has 4 nitrogen and oxygen atoms in total. The number of aldehydes is 1. The molecule has 1 rings (SSSR count). The third-order valence-electron chi connectivity index (χ3n) is 2.74. The molecule has 92 valence electrons. The molecule has 0 aliphatic carbocycles. The van der Waals surface area contributed by atoms with Gasteiger partial charge in [0, 0.05) is 13.6 Å². The minimum Gasteiger partial charge on any atom is -0.496 e. The summed E-state index contributed by atoms with van der Waals surface area (Å²) in [5, 5.41) is 0. The molecule has 0 N–H and O–H groups in total. The van der Waals surface area contributed by atoms with Gasteiger partial charge in [0.25, 0.3) is 5.91 Å². The zero-order chi connectivity index (χ0) is 13.0. The van der Waals surface area contributed by atoms with E-state index < -0.39 is 5.91 Å². The van der Waals surface area contributed by atoms with Gasteiger partial charge in [0.2, 0.25) is 6.29 Å². The van der Waals surface area contributed by atoms with Crippen molar-refractivity contribution in [3.8, 4) is 5.75 Å². The Morgan fingerprint density at radius 1 is 1.35 bits per heavy atom. The molecular formula is C13H17NO3. The van der Waals surface area contributed by atoms with E-state index in [4.69, 9.17) is 4.74 Å². The van der Waals surface area contributed by atoms with Crippen LogP contribution < -0.4 is 4.74 Å². The highest BCUT2D eigenvalue weighted by atomic mass is 16.5. The van der Waals surface area contributed by atoms with Gasteiger partial charge in [0.1, 0.15) is 5.75 Å². The molecule has 4 heteroatoms. The number of benzene rings is 1. The molecule has 0 radical (unpaired) electrons. The molecule has 0 bridgehead atoms. The second-order valence-corrected chi connectivity index (χ2v) is 4.06. The zero-order valence-corrected chi connectivity index (χ0v) is 10.6. The quantitative estimate of drug-likeness (QED) is 0.586. The lowest BCUT2D eigenvalue weighted by Crippen LogP contribution is -2.27. The summed E-state index contributed by atoms with van der Waals surface area (Å²) in [5.41, 5.74) is 3.07. The maximum absolute atomic E-state index is 11.2. The highest BCUT2D eigenvalue weighted by molar-refractivity contribution is 6.23. The van der Waals surface area contributed by atoms with Gasteiger partial charge in [-0.1, -0.05) is 6.07 Å². The Morgan fingerprint density at radius 2 is 2.00 bits per heavy atom. The number of likely N-dealkylation sites (N-methyl/N-ethyl adjacent to an activating group) is 1. The van der Waals surface area contributed by atoms with Crippen molar-refractivity contribution in [3.05, 3.63) is 28.8 Å². The van der Waals surface area contributed by atoms with Crippen molar-refractivity contribution in [3.63, 3.8) is 0 Å². The normalized spacial score (nSPS) is 9.88. The topological polar surface area (TPSA) is 46.6 Å². The van der Waals surface area contributed by atoms with Crippen LogP contribution in [-0.2, 0) is 16.1 Å². The summed E-state index contributed by atoms with van der Waals surface area (Å²) in [6, 6.07) is 3.91. The van der Waals surface area contributed by atoms with E-state index in [0.717, 1.165) is 22.4 Å². The Labute approximate surface area is 101 Å². The highest BCUT2D eigenvalue weighted by Gasteiger charge is 2.11. The van der Waals surface area contributed by atoms with E-state index in [1.807, 2.05) is 26.0 Å². The van der Waals surface area contributed by atoms with Crippen LogP contribution >= 0.6 is 0 Å². The minimum absolute atomic E-state index is 0.325. The minimum atomic E-state index is -0.516. The fraction of sp³-hybridized carbons (Fsp3) is 0.385. The predicted octanol–water partition coefficient (Wildman–Crippen LogP) is 1.47. The molecule has 0 heterocycles. The number of rotatable bonds is 4. The SMILES string of the molecule is COc1cc(C)c(CN(C)C(=O)C=O)cc1C. The van der Waals surface area contributed by atoms with Gasteiger partial charge in [-0.2, -0.15) is 0 Å². The van der Waals surface area contributed by atoms with Crippen molar-refractivity contribution in [2.45, 2.75) is 20.4 Å². The largest absolute Gasteiger partial charge is 0.496 e. The smallest absolute Gasteiger partial charge is 0.286 e. The Balaban J connectivity index is 2.96. The number of ether oxygens (including phenoxy) is 1. The average Bonchev–Trinajstić information content (AvgIpc) is 2.32. The standard InChI is InChI=1S/C13H17NO3/c1-9-6-12(17-4)10(2)5-11(9)7-14(3)13(16)8-15/h5-6,8H,7H2,1-4H3. The van der Waals surface area contributed by atoms with Gasteiger partial charge in [-0.25, -0.2) is 0 Å². The van der Waals surface area contributed by atoms with Gasteiger partial charge in [-0.05, 0) is 36.6 Å². The molecule has 1 aromatic rings. The fourth-order valence-electron chi connectivity index (χ4n) is 1.66. The first kappa shape index (κ1) is 13.2. The van der Waals surface area contributed by atoms with Crippen LogP contribution in [0, 0.1) is 13.8 Å². The molecule has 0 spiro atoms. The third-order valence-corrected chi connectivity index (χ3v) is 2.74. The van der Waals surface area contributed by atoms with Crippen LogP contribution in [0.3, 0.4) is 0 Å². The molecular weight excluding hydrogens is 218 g/mol. The molecule has 0 saturated carbocycles. The first-order valence-corrected chi connectivity index (χ1v) is 5.34. The lowest BCUT2D eigenvalue weighted by Gasteiger charge is -2.17. The fourth-order valence-corrected chi connectivity index (χ4v) is 1.66. The van der Waals surface area contributed by atoms with Gasteiger partial charge in [0.15, 0.2) is 0 Å². The first-order chi connectivity index (χ1) is 7.99. The van der Waals surface area contributed by atoms with Crippen LogP contribution in [0.15, 0.2) is 12.1 Å². The van der Waals surface area contributed by atoms with Crippen LogP contribution in [0.4, 0.5) is 0 Å². The molecule has 0 unspecified atom stereocenters. The number of hydrogen-bond donors (Lipinski definition) is 0. The Kier molecular flexibility index (Phi) is 4.26. The molecule has 0 aromatic heterocycles. The molecule has 0 aliphatic rings. The summed E-state index contributed by atoms with van der Waals surface area (Å²) in [7, 11) is 3.24. The van der Waals surface area contributed by atoms with Crippen molar-refractivity contribution in [1.29, 1.82) is 0 Å². The summed E-state index contributed by atoms with van der Waals surface area (Å²) in [6.45, 7) is 4.33. The molecule has 0 fully saturated rings. The predicted molar refractivity (Wildman–Crippen MR) is 65.0 cm³/mol. The van der Waals surface area contributed by atoms with E-state index in [0.29, 0.717) is 12.8 Å². The Bertz CT molecular complexity index is 441. The third kappa shape index (κ3) is 3.06. The molecule has 0 aliphatic heterocycles. The second kappa shape index (κ2) is 5.48. The van der Waals surface area contributed by atoms with Crippen molar-refractivity contribution in [2.24, 2.45) is 0 Å². The molecule has 17 heavy (non-hydrogen) atoms. The van der Waals surface area contributed by atoms with Crippen molar-refractivity contribution in [2.75, 3.05) is 14.2 Å². The second-order valence-electron chi connectivity index (χ2n) is 4.06.